The average molecular weight is 634 g/mol. The van der Waals surface area contributed by atoms with Gasteiger partial charge in [-0.25, -0.2) is 0 Å². The molecule has 8 rings (SSSR count). The predicted octanol–water partition coefficient (Wildman–Crippen LogP) is 13.7. The van der Waals surface area contributed by atoms with E-state index < -0.39 is 0 Å². The zero-order valence-corrected chi connectivity index (χ0v) is 28.9. The lowest BCUT2D eigenvalue weighted by Gasteiger charge is -2.42. The van der Waals surface area contributed by atoms with Crippen LogP contribution in [0.25, 0.3) is 44.2 Å². The molecule has 0 aromatic heterocycles. The van der Waals surface area contributed by atoms with Crippen LogP contribution in [0.1, 0.15) is 51.7 Å². The Labute approximate surface area is 291 Å². The monoisotopic (exact) mass is 633 g/mol. The minimum absolute atomic E-state index is 0.164. The molecule has 0 amide bonds. The molecule has 49 heavy (non-hydrogen) atoms. The van der Waals surface area contributed by atoms with Crippen LogP contribution in [0.2, 0.25) is 0 Å². The van der Waals surface area contributed by atoms with Crippen LogP contribution in [0.4, 0.5) is 17.1 Å². The maximum absolute atomic E-state index is 2.49. The third-order valence-corrected chi connectivity index (χ3v) is 10.7. The molecule has 0 saturated carbocycles. The molecule has 1 nitrogen and oxygen atoms in total. The van der Waals surface area contributed by atoms with Crippen molar-refractivity contribution in [3.63, 3.8) is 0 Å². The van der Waals surface area contributed by atoms with Crippen LogP contribution in [0.15, 0.2) is 164 Å². The molecule has 7 aromatic carbocycles. The molecule has 0 aliphatic heterocycles. The van der Waals surface area contributed by atoms with E-state index in [1.54, 1.807) is 0 Å². The van der Waals surface area contributed by atoms with Crippen molar-refractivity contribution in [2.24, 2.45) is 0 Å². The molecule has 0 bridgehead atoms. The van der Waals surface area contributed by atoms with Gasteiger partial charge in [-0.1, -0.05) is 155 Å². The van der Waals surface area contributed by atoms with Crippen molar-refractivity contribution in [2.75, 3.05) is 4.90 Å². The summed E-state index contributed by atoms with van der Waals surface area (Å²) in [6.07, 6.45) is 2.43. The molecule has 0 saturated heterocycles. The van der Waals surface area contributed by atoms with Gasteiger partial charge in [0.15, 0.2) is 0 Å². The number of benzene rings is 7. The number of anilines is 3. The topological polar surface area (TPSA) is 3.24 Å². The molecular weight excluding hydrogens is 591 g/mol. The van der Waals surface area contributed by atoms with E-state index >= 15 is 0 Å². The summed E-state index contributed by atoms with van der Waals surface area (Å²) < 4.78 is 0. The Bertz CT molecular complexity index is 2190. The highest BCUT2D eigenvalue weighted by molar-refractivity contribution is 5.94. The summed E-state index contributed by atoms with van der Waals surface area (Å²) in [5, 5.41) is 2.62. The fourth-order valence-corrected chi connectivity index (χ4v) is 7.73. The molecule has 0 N–H and O–H groups in total. The lowest BCUT2D eigenvalue weighted by molar-refractivity contribution is 0.332. The first-order valence-electron chi connectivity index (χ1n) is 17.6. The van der Waals surface area contributed by atoms with Gasteiger partial charge in [-0.2, -0.15) is 0 Å². The van der Waals surface area contributed by atoms with Crippen LogP contribution in [-0.2, 0) is 10.8 Å². The van der Waals surface area contributed by atoms with Crippen LogP contribution >= 0.6 is 0 Å². The number of hydrogen-bond acceptors (Lipinski definition) is 1. The molecule has 0 radical (unpaired) electrons. The summed E-state index contributed by atoms with van der Waals surface area (Å²) in [5.74, 6) is 0. The molecule has 7 aromatic rings. The first kappa shape index (κ1) is 30.9. The van der Waals surface area contributed by atoms with Gasteiger partial charge in [-0.3, -0.25) is 0 Å². The summed E-state index contributed by atoms with van der Waals surface area (Å²) in [4.78, 5) is 2.43. The summed E-state index contributed by atoms with van der Waals surface area (Å²) >= 11 is 0. The van der Waals surface area contributed by atoms with Gasteiger partial charge in [0.2, 0.25) is 0 Å². The Hall–Kier alpha value is -5.40. The maximum Gasteiger partial charge on any atom is 0.0540 e. The first-order chi connectivity index (χ1) is 23.8. The fourth-order valence-electron chi connectivity index (χ4n) is 7.73. The summed E-state index contributed by atoms with van der Waals surface area (Å²) in [6.45, 7) is 9.64. The Morgan fingerprint density at radius 3 is 1.45 bits per heavy atom. The molecule has 1 aliphatic carbocycles. The highest BCUT2D eigenvalue weighted by atomic mass is 15.1. The summed E-state index contributed by atoms with van der Waals surface area (Å²) in [6, 6.07) is 60.1. The molecular formula is C48H43N. The second kappa shape index (κ2) is 12.2. The molecule has 1 aliphatic rings. The molecule has 0 fully saturated rings. The molecule has 240 valence electrons. The Morgan fingerprint density at radius 1 is 0.388 bits per heavy atom. The van der Waals surface area contributed by atoms with Gasteiger partial charge in [-0.15, -0.1) is 0 Å². The average Bonchev–Trinajstić information content (AvgIpc) is 3.14. The SMILES string of the molecule is CC1(C)CCC(C)(C)c2cc3cc(-c4ccccc4N(c4cccc(-c5ccccc5)c4)c4cccc(-c5ccccc5)c4)ccc3cc21. The van der Waals surface area contributed by atoms with E-state index in [9.17, 15) is 0 Å². The zero-order chi connectivity index (χ0) is 33.6. The number of fused-ring (bicyclic) bond motifs is 2. The van der Waals surface area contributed by atoms with Crippen molar-refractivity contribution >= 4 is 27.8 Å². The van der Waals surface area contributed by atoms with Gasteiger partial charge in [0, 0.05) is 16.9 Å². The van der Waals surface area contributed by atoms with Gasteiger partial charge in [0.1, 0.15) is 0 Å². The van der Waals surface area contributed by atoms with E-state index in [0.29, 0.717) is 0 Å². The fraction of sp³-hybridized carbons (Fsp3) is 0.167. The largest absolute Gasteiger partial charge is 0.310 e. The number of hydrogen-bond donors (Lipinski definition) is 0. The van der Waals surface area contributed by atoms with Crippen molar-refractivity contribution in [1.29, 1.82) is 0 Å². The first-order valence-corrected chi connectivity index (χ1v) is 17.6. The van der Waals surface area contributed by atoms with E-state index in [4.69, 9.17) is 0 Å². The smallest absolute Gasteiger partial charge is 0.0540 e. The summed E-state index contributed by atoms with van der Waals surface area (Å²) in [7, 11) is 0. The van der Waals surface area contributed by atoms with Crippen molar-refractivity contribution in [3.8, 4) is 33.4 Å². The van der Waals surface area contributed by atoms with E-state index in [0.717, 1.165) is 17.1 Å². The summed E-state index contributed by atoms with van der Waals surface area (Å²) in [5.41, 5.74) is 14.0. The van der Waals surface area contributed by atoms with Crippen LogP contribution in [-0.4, -0.2) is 0 Å². The lowest BCUT2D eigenvalue weighted by Crippen LogP contribution is -2.33. The van der Waals surface area contributed by atoms with Gasteiger partial charge >= 0.3 is 0 Å². The third-order valence-electron chi connectivity index (χ3n) is 10.7. The Balaban J connectivity index is 1.31. The van der Waals surface area contributed by atoms with E-state index in [-0.39, 0.29) is 10.8 Å². The second-order valence-corrected chi connectivity index (χ2v) is 14.9. The van der Waals surface area contributed by atoms with E-state index in [2.05, 4.69) is 196 Å². The van der Waals surface area contributed by atoms with E-state index in [1.807, 2.05) is 0 Å². The van der Waals surface area contributed by atoms with Gasteiger partial charge in [0.25, 0.3) is 0 Å². The van der Waals surface area contributed by atoms with Crippen molar-refractivity contribution < 1.29 is 0 Å². The van der Waals surface area contributed by atoms with Crippen LogP contribution in [0.5, 0.6) is 0 Å². The Kier molecular flexibility index (Phi) is 7.72. The second-order valence-electron chi connectivity index (χ2n) is 14.9. The molecule has 0 heterocycles. The normalized spacial score (nSPS) is 14.7. The predicted molar refractivity (Wildman–Crippen MR) is 210 cm³/mol. The number of nitrogens with zero attached hydrogens (tertiary/aromatic N) is 1. The van der Waals surface area contributed by atoms with Crippen LogP contribution in [0.3, 0.4) is 0 Å². The molecule has 0 spiro atoms. The van der Waals surface area contributed by atoms with E-state index in [1.165, 1.54) is 68.1 Å². The maximum atomic E-state index is 2.49. The van der Waals surface area contributed by atoms with Gasteiger partial charge in [-0.05, 0) is 110 Å². The van der Waals surface area contributed by atoms with Gasteiger partial charge in [0.05, 0.1) is 5.69 Å². The minimum atomic E-state index is 0.164. The lowest BCUT2D eigenvalue weighted by atomic mass is 9.63. The van der Waals surface area contributed by atoms with Crippen LogP contribution < -0.4 is 4.90 Å². The standard InChI is InChI=1S/C48H43N/c1-47(2)27-28-48(3,4)45-33-40-29-39(26-25-38(40)32-44(45)47)43-23-11-12-24-46(43)49(41-21-13-19-36(30-41)34-15-7-5-8-16-34)42-22-14-20-37(31-42)35-17-9-6-10-18-35/h5-26,29-33H,27-28H2,1-4H3. The quantitative estimate of drug-likeness (QED) is 0.176. The number of rotatable bonds is 6. The Morgan fingerprint density at radius 2 is 0.878 bits per heavy atom. The molecule has 0 unspecified atom stereocenters. The third kappa shape index (κ3) is 5.85. The highest BCUT2D eigenvalue weighted by Crippen LogP contribution is 2.48. The molecule has 1 heteroatoms. The van der Waals surface area contributed by atoms with Crippen LogP contribution in [0, 0.1) is 0 Å². The minimum Gasteiger partial charge on any atom is -0.310 e. The zero-order valence-electron chi connectivity index (χ0n) is 28.9. The van der Waals surface area contributed by atoms with Crippen molar-refractivity contribution in [3.05, 3.63) is 175 Å². The molecule has 0 atom stereocenters. The number of para-hydroxylation sites is 1. The van der Waals surface area contributed by atoms with Crippen molar-refractivity contribution in [2.45, 2.75) is 51.4 Å². The highest BCUT2D eigenvalue weighted by Gasteiger charge is 2.37. The van der Waals surface area contributed by atoms with Crippen molar-refractivity contribution in [1.82, 2.24) is 0 Å². The van der Waals surface area contributed by atoms with Gasteiger partial charge < -0.3 is 4.90 Å².